The zero-order valence-electron chi connectivity index (χ0n) is 8.54. The van der Waals surface area contributed by atoms with E-state index in [4.69, 9.17) is 9.47 Å². The van der Waals surface area contributed by atoms with Gasteiger partial charge in [0.2, 0.25) is 0 Å². The maximum Gasteiger partial charge on any atom is 0.131 e. The Morgan fingerprint density at radius 1 is 1.29 bits per heavy atom. The molecule has 3 heteroatoms. The number of hydrogen-bond donors (Lipinski definition) is 1. The average molecular weight is 193 g/mol. The monoisotopic (exact) mass is 193 g/mol. The number of methoxy groups -OCH3 is 1. The van der Waals surface area contributed by atoms with Crippen LogP contribution >= 0.6 is 0 Å². The lowest BCUT2D eigenvalue weighted by Gasteiger charge is -2.39. The number of rotatable bonds is 3. The van der Waals surface area contributed by atoms with E-state index in [1.807, 2.05) is 24.3 Å². The van der Waals surface area contributed by atoms with Gasteiger partial charge in [-0.1, -0.05) is 6.07 Å². The summed E-state index contributed by atoms with van der Waals surface area (Å²) in [4.78, 5) is 0. The third-order valence-electron chi connectivity index (χ3n) is 2.40. The summed E-state index contributed by atoms with van der Waals surface area (Å²) in [6.45, 7) is 3.91. The largest absolute Gasteiger partial charge is 0.497 e. The van der Waals surface area contributed by atoms with E-state index in [-0.39, 0.29) is 5.60 Å². The van der Waals surface area contributed by atoms with Gasteiger partial charge in [-0.2, -0.15) is 0 Å². The topological polar surface area (TPSA) is 30.5 Å². The highest BCUT2D eigenvalue weighted by molar-refractivity contribution is 5.33. The second kappa shape index (κ2) is 3.50. The molecule has 1 aliphatic rings. The Bertz CT molecular complexity index is 321. The van der Waals surface area contributed by atoms with Gasteiger partial charge in [0.1, 0.15) is 17.1 Å². The van der Waals surface area contributed by atoms with Crippen molar-refractivity contribution in [1.82, 2.24) is 5.32 Å². The predicted molar refractivity (Wildman–Crippen MR) is 54.9 cm³/mol. The van der Waals surface area contributed by atoms with Crippen LogP contribution in [0.25, 0.3) is 0 Å². The van der Waals surface area contributed by atoms with Crippen LogP contribution < -0.4 is 14.8 Å². The Balaban J connectivity index is 2.08. The Morgan fingerprint density at radius 2 is 2.00 bits per heavy atom. The molecule has 1 aliphatic heterocycles. The van der Waals surface area contributed by atoms with Crippen molar-refractivity contribution in [2.24, 2.45) is 0 Å². The fraction of sp³-hybridized carbons (Fsp3) is 0.455. The van der Waals surface area contributed by atoms with Crippen molar-refractivity contribution < 1.29 is 9.47 Å². The van der Waals surface area contributed by atoms with Gasteiger partial charge in [0.05, 0.1) is 7.11 Å². The summed E-state index contributed by atoms with van der Waals surface area (Å²) in [6, 6.07) is 7.70. The molecule has 0 atom stereocenters. The van der Waals surface area contributed by atoms with Gasteiger partial charge in [-0.05, 0) is 19.1 Å². The van der Waals surface area contributed by atoms with Gasteiger partial charge in [-0.15, -0.1) is 0 Å². The van der Waals surface area contributed by atoms with Crippen molar-refractivity contribution in [3.8, 4) is 11.5 Å². The van der Waals surface area contributed by atoms with Crippen molar-refractivity contribution >= 4 is 0 Å². The van der Waals surface area contributed by atoms with Crippen LogP contribution in [-0.4, -0.2) is 25.8 Å². The maximum atomic E-state index is 5.84. The summed E-state index contributed by atoms with van der Waals surface area (Å²) in [7, 11) is 1.66. The maximum absolute atomic E-state index is 5.84. The quantitative estimate of drug-likeness (QED) is 0.787. The van der Waals surface area contributed by atoms with Crippen molar-refractivity contribution in [1.29, 1.82) is 0 Å². The molecule has 3 nitrogen and oxygen atoms in total. The molecule has 0 aliphatic carbocycles. The highest BCUT2D eigenvalue weighted by atomic mass is 16.5. The molecule has 0 radical (unpaired) electrons. The number of ether oxygens (including phenoxy) is 2. The van der Waals surface area contributed by atoms with Crippen LogP contribution in [0.2, 0.25) is 0 Å². The first kappa shape index (κ1) is 9.34. The summed E-state index contributed by atoms with van der Waals surface area (Å²) >= 11 is 0. The number of benzene rings is 1. The number of nitrogens with one attached hydrogen (secondary N) is 1. The predicted octanol–water partition coefficient (Wildman–Crippen LogP) is 1.44. The number of hydrogen-bond acceptors (Lipinski definition) is 3. The summed E-state index contributed by atoms with van der Waals surface area (Å²) in [5.41, 5.74) is -0.0492. The SMILES string of the molecule is COc1cccc(OC2(C)CNC2)c1. The summed E-state index contributed by atoms with van der Waals surface area (Å²) in [6.07, 6.45) is 0. The lowest BCUT2D eigenvalue weighted by Crippen LogP contribution is -2.60. The van der Waals surface area contributed by atoms with Crippen LogP contribution in [0.4, 0.5) is 0 Å². The van der Waals surface area contributed by atoms with Crippen LogP contribution in [0.3, 0.4) is 0 Å². The lowest BCUT2D eigenvalue weighted by molar-refractivity contribution is 0.0347. The van der Waals surface area contributed by atoms with Crippen molar-refractivity contribution in [2.75, 3.05) is 20.2 Å². The molecule has 14 heavy (non-hydrogen) atoms. The first-order chi connectivity index (χ1) is 6.72. The fourth-order valence-electron chi connectivity index (χ4n) is 1.50. The highest BCUT2D eigenvalue weighted by Crippen LogP contribution is 2.24. The summed E-state index contributed by atoms with van der Waals surface area (Å²) in [5, 5.41) is 3.19. The molecule has 0 unspecified atom stereocenters. The molecule has 1 heterocycles. The first-order valence-corrected chi connectivity index (χ1v) is 4.76. The average Bonchev–Trinajstić information content (AvgIpc) is 2.16. The standard InChI is InChI=1S/C11H15NO2/c1-11(7-12-8-11)14-10-5-3-4-9(6-10)13-2/h3-6,12H,7-8H2,1-2H3. The second-order valence-corrected chi connectivity index (χ2v) is 3.83. The van der Waals surface area contributed by atoms with Gasteiger partial charge < -0.3 is 14.8 Å². The summed E-state index contributed by atoms with van der Waals surface area (Å²) < 4.78 is 11.0. The molecule has 1 N–H and O–H groups in total. The van der Waals surface area contributed by atoms with E-state index in [0.717, 1.165) is 24.6 Å². The molecule has 1 aromatic rings. The Morgan fingerprint density at radius 3 is 2.57 bits per heavy atom. The van der Waals surface area contributed by atoms with Gasteiger partial charge in [0.25, 0.3) is 0 Å². The molecule has 2 rings (SSSR count). The van der Waals surface area contributed by atoms with E-state index in [2.05, 4.69) is 12.2 Å². The van der Waals surface area contributed by atoms with Crippen molar-refractivity contribution in [3.05, 3.63) is 24.3 Å². The molecular weight excluding hydrogens is 178 g/mol. The van der Waals surface area contributed by atoms with Crippen LogP contribution in [-0.2, 0) is 0 Å². The fourth-order valence-corrected chi connectivity index (χ4v) is 1.50. The van der Waals surface area contributed by atoms with Gasteiger partial charge >= 0.3 is 0 Å². The van der Waals surface area contributed by atoms with Gasteiger partial charge in [0, 0.05) is 19.2 Å². The zero-order chi connectivity index (χ0) is 10.0. The molecule has 76 valence electrons. The molecule has 1 aromatic carbocycles. The van der Waals surface area contributed by atoms with E-state index < -0.39 is 0 Å². The minimum Gasteiger partial charge on any atom is -0.497 e. The molecular formula is C11H15NO2. The molecule has 1 fully saturated rings. The van der Waals surface area contributed by atoms with Crippen LogP contribution in [0.15, 0.2) is 24.3 Å². The minimum atomic E-state index is -0.0492. The normalized spacial score (nSPS) is 18.4. The van der Waals surface area contributed by atoms with Crippen LogP contribution in [0.1, 0.15) is 6.92 Å². The van der Waals surface area contributed by atoms with Crippen LogP contribution in [0.5, 0.6) is 11.5 Å². The minimum absolute atomic E-state index is 0.0492. The third kappa shape index (κ3) is 1.82. The van der Waals surface area contributed by atoms with E-state index in [1.54, 1.807) is 7.11 Å². The van der Waals surface area contributed by atoms with Crippen LogP contribution in [0, 0.1) is 0 Å². The molecule has 0 saturated carbocycles. The molecule has 0 amide bonds. The van der Waals surface area contributed by atoms with Crippen molar-refractivity contribution in [3.63, 3.8) is 0 Å². The molecule has 0 spiro atoms. The van der Waals surface area contributed by atoms with Gasteiger partial charge in [-0.3, -0.25) is 0 Å². The smallest absolute Gasteiger partial charge is 0.131 e. The Hall–Kier alpha value is -1.22. The Kier molecular flexibility index (Phi) is 2.33. The van der Waals surface area contributed by atoms with Gasteiger partial charge in [0.15, 0.2) is 0 Å². The van der Waals surface area contributed by atoms with E-state index in [9.17, 15) is 0 Å². The molecule has 0 aromatic heterocycles. The molecule has 1 saturated heterocycles. The third-order valence-corrected chi connectivity index (χ3v) is 2.40. The molecule has 0 bridgehead atoms. The van der Waals surface area contributed by atoms with E-state index >= 15 is 0 Å². The zero-order valence-corrected chi connectivity index (χ0v) is 8.54. The summed E-state index contributed by atoms with van der Waals surface area (Å²) in [5.74, 6) is 1.70. The Labute approximate surface area is 84.0 Å². The van der Waals surface area contributed by atoms with Gasteiger partial charge in [-0.25, -0.2) is 0 Å². The lowest BCUT2D eigenvalue weighted by atomic mass is 10.00. The van der Waals surface area contributed by atoms with E-state index in [0.29, 0.717) is 0 Å². The van der Waals surface area contributed by atoms with Crippen molar-refractivity contribution in [2.45, 2.75) is 12.5 Å². The highest BCUT2D eigenvalue weighted by Gasteiger charge is 2.33. The first-order valence-electron chi connectivity index (χ1n) is 4.76. The van der Waals surface area contributed by atoms with E-state index in [1.165, 1.54) is 0 Å². The second-order valence-electron chi connectivity index (χ2n) is 3.83.